The van der Waals surface area contributed by atoms with Crippen LogP contribution in [0.5, 0.6) is 0 Å². The maximum atomic E-state index is 11.6. The first-order chi connectivity index (χ1) is 7.97. The fourth-order valence-corrected chi connectivity index (χ4v) is 1.73. The van der Waals surface area contributed by atoms with E-state index < -0.39 is 10.8 Å². The zero-order valence-corrected chi connectivity index (χ0v) is 10.2. The molecule has 0 aliphatic rings. The van der Waals surface area contributed by atoms with Gasteiger partial charge in [0.2, 0.25) is 0 Å². The van der Waals surface area contributed by atoms with Crippen LogP contribution in [0.4, 0.5) is 5.69 Å². The number of nitrogens with zero attached hydrogens (tertiary/aromatic N) is 1. The number of amides is 1. The van der Waals surface area contributed by atoms with Crippen LogP contribution in [0.15, 0.2) is 18.2 Å². The van der Waals surface area contributed by atoms with Gasteiger partial charge < -0.3 is 5.32 Å². The van der Waals surface area contributed by atoms with Crippen molar-refractivity contribution in [1.82, 2.24) is 5.32 Å². The van der Waals surface area contributed by atoms with Gasteiger partial charge in [-0.05, 0) is 18.4 Å². The van der Waals surface area contributed by atoms with Gasteiger partial charge >= 0.3 is 0 Å². The standard InChI is InChI=1S/C12H16N2O3/c1-8(2)7-9-5-4-6-10(12(15)13-3)11(9)14(16)17/h4-6,8H,7H2,1-3H3,(H,13,15). The van der Waals surface area contributed by atoms with Crippen molar-refractivity contribution in [3.8, 4) is 0 Å². The van der Waals surface area contributed by atoms with Crippen molar-refractivity contribution in [2.45, 2.75) is 20.3 Å². The van der Waals surface area contributed by atoms with E-state index in [1.165, 1.54) is 13.1 Å². The second-order valence-corrected chi connectivity index (χ2v) is 4.25. The van der Waals surface area contributed by atoms with Gasteiger partial charge in [-0.25, -0.2) is 0 Å². The maximum Gasteiger partial charge on any atom is 0.285 e. The molecule has 1 aromatic carbocycles. The fraction of sp³-hybridized carbons (Fsp3) is 0.417. The number of rotatable bonds is 4. The van der Waals surface area contributed by atoms with E-state index in [4.69, 9.17) is 0 Å². The molecule has 92 valence electrons. The van der Waals surface area contributed by atoms with Crippen molar-refractivity contribution in [3.05, 3.63) is 39.4 Å². The van der Waals surface area contributed by atoms with E-state index >= 15 is 0 Å². The largest absolute Gasteiger partial charge is 0.355 e. The molecule has 0 spiro atoms. The molecule has 0 aliphatic heterocycles. The van der Waals surface area contributed by atoms with Crippen molar-refractivity contribution in [2.75, 3.05) is 7.05 Å². The van der Waals surface area contributed by atoms with Crippen LogP contribution in [0.1, 0.15) is 29.8 Å². The lowest BCUT2D eigenvalue weighted by Gasteiger charge is -2.08. The Bertz CT molecular complexity index is 441. The average Bonchev–Trinajstić information content (AvgIpc) is 2.26. The third-order valence-corrected chi connectivity index (χ3v) is 2.40. The quantitative estimate of drug-likeness (QED) is 0.643. The van der Waals surface area contributed by atoms with Crippen LogP contribution in [0.25, 0.3) is 0 Å². The van der Waals surface area contributed by atoms with Crippen LogP contribution in [0.2, 0.25) is 0 Å². The summed E-state index contributed by atoms with van der Waals surface area (Å²) in [5.41, 5.74) is 0.641. The Hall–Kier alpha value is -1.91. The number of hydrogen-bond acceptors (Lipinski definition) is 3. The molecule has 0 bridgehead atoms. The number of para-hydroxylation sites is 1. The predicted octanol–water partition coefficient (Wildman–Crippen LogP) is 2.15. The van der Waals surface area contributed by atoms with Crippen molar-refractivity contribution in [2.24, 2.45) is 5.92 Å². The third-order valence-electron chi connectivity index (χ3n) is 2.40. The van der Waals surface area contributed by atoms with Gasteiger partial charge in [-0.15, -0.1) is 0 Å². The molecule has 17 heavy (non-hydrogen) atoms. The first-order valence-electron chi connectivity index (χ1n) is 5.45. The van der Waals surface area contributed by atoms with Crippen molar-refractivity contribution < 1.29 is 9.72 Å². The summed E-state index contributed by atoms with van der Waals surface area (Å²) in [7, 11) is 1.46. The Kier molecular flexibility index (Phi) is 4.20. The van der Waals surface area contributed by atoms with E-state index in [9.17, 15) is 14.9 Å². The number of nitro benzene ring substituents is 1. The minimum atomic E-state index is -0.484. The highest BCUT2D eigenvalue weighted by atomic mass is 16.6. The number of carbonyl (C=O) groups is 1. The minimum Gasteiger partial charge on any atom is -0.355 e. The average molecular weight is 236 g/mol. The first-order valence-corrected chi connectivity index (χ1v) is 5.45. The second kappa shape index (κ2) is 5.43. The Morgan fingerprint density at radius 3 is 2.59 bits per heavy atom. The molecular weight excluding hydrogens is 220 g/mol. The molecule has 0 saturated carbocycles. The molecule has 0 fully saturated rings. The molecule has 0 heterocycles. The lowest BCUT2D eigenvalue weighted by Crippen LogP contribution is -2.20. The molecule has 1 N–H and O–H groups in total. The summed E-state index contributed by atoms with van der Waals surface area (Å²) in [4.78, 5) is 22.1. The third kappa shape index (κ3) is 3.03. The van der Waals surface area contributed by atoms with Gasteiger partial charge in [-0.1, -0.05) is 26.0 Å². The van der Waals surface area contributed by atoms with Gasteiger partial charge in [0, 0.05) is 12.6 Å². The Labute approximate surface area is 100.0 Å². The monoisotopic (exact) mass is 236 g/mol. The van der Waals surface area contributed by atoms with Crippen LogP contribution in [-0.4, -0.2) is 17.9 Å². The number of carbonyl (C=O) groups excluding carboxylic acids is 1. The molecule has 0 aromatic heterocycles. The summed E-state index contributed by atoms with van der Waals surface area (Å²) >= 11 is 0. The number of benzene rings is 1. The number of nitrogens with one attached hydrogen (secondary N) is 1. The molecule has 0 unspecified atom stereocenters. The van der Waals surface area contributed by atoms with E-state index in [1.54, 1.807) is 12.1 Å². The zero-order chi connectivity index (χ0) is 13.0. The summed E-state index contributed by atoms with van der Waals surface area (Å²) in [5, 5.41) is 13.5. The molecule has 0 radical (unpaired) electrons. The van der Waals surface area contributed by atoms with Gasteiger partial charge in [0.05, 0.1) is 4.92 Å². The Morgan fingerprint density at radius 1 is 1.47 bits per heavy atom. The van der Waals surface area contributed by atoms with Crippen LogP contribution < -0.4 is 5.32 Å². The highest BCUT2D eigenvalue weighted by molar-refractivity contribution is 5.98. The van der Waals surface area contributed by atoms with Gasteiger partial charge in [0.15, 0.2) is 0 Å². The van der Waals surface area contributed by atoms with Crippen molar-refractivity contribution in [1.29, 1.82) is 0 Å². The summed E-state index contributed by atoms with van der Waals surface area (Å²) < 4.78 is 0. The van der Waals surface area contributed by atoms with E-state index in [1.807, 2.05) is 13.8 Å². The molecule has 5 nitrogen and oxygen atoms in total. The molecule has 1 aromatic rings. The van der Waals surface area contributed by atoms with E-state index in [2.05, 4.69) is 5.32 Å². The highest BCUT2D eigenvalue weighted by Crippen LogP contribution is 2.26. The van der Waals surface area contributed by atoms with E-state index in [0.717, 1.165) is 0 Å². The molecule has 1 amide bonds. The van der Waals surface area contributed by atoms with E-state index in [-0.39, 0.29) is 11.3 Å². The van der Waals surface area contributed by atoms with Crippen LogP contribution in [-0.2, 0) is 6.42 Å². The molecule has 0 saturated heterocycles. The topological polar surface area (TPSA) is 72.2 Å². The highest BCUT2D eigenvalue weighted by Gasteiger charge is 2.23. The predicted molar refractivity (Wildman–Crippen MR) is 65.0 cm³/mol. The molecule has 0 atom stereocenters. The van der Waals surface area contributed by atoms with Crippen LogP contribution in [0.3, 0.4) is 0 Å². The van der Waals surface area contributed by atoms with Gasteiger partial charge in [0.25, 0.3) is 11.6 Å². The van der Waals surface area contributed by atoms with Crippen LogP contribution in [0, 0.1) is 16.0 Å². The summed E-state index contributed by atoms with van der Waals surface area (Å²) in [5.74, 6) is -0.129. The van der Waals surface area contributed by atoms with Crippen LogP contribution >= 0.6 is 0 Å². The number of hydrogen-bond donors (Lipinski definition) is 1. The summed E-state index contributed by atoms with van der Waals surface area (Å²) in [6.45, 7) is 3.96. The van der Waals surface area contributed by atoms with Gasteiger partial charge in [-0.2, -0.15) is 0 Å². The summed E-state index contributed by atoms with van der Waals surface area (Å²) in [6.07, 6.45) is 0.584. The maximum absolute atomic E-state index is 11.6. The normalized spacial score (nSPS) is 10.4. The summed E-state index contributed by atoms with van der Waals surface area (Å²) in [6, 6.07) is 4.85. The molecule has 5 heteroatoms. The SMILES string of the molecule is CNC(=O)c1cccc(CC(C)C)c1[N+](=O)[O-]. The molecule has 0 aliphatic carbocycles. The second-order valence-electron chi connectivity index (χ2n) is 4.25. The minimum absolute atomic E-state index is 0.0828. The van der Waals surface area contributed by atoms with Crippen molar-refractivity contribution >= 4 is 11.6 Å². The van der Waals surface area contributed by atoms with Crippen molar-refractivity contribution in [3.63, 3.8) is 0 Å². The number of nitro groups is 1. The zero-order valence-electron chi connectivity index (χ0n) is 10.2. The lowest BCUT2D eigenvalue weighted by atomic mass is 9.98. The first kappa shape index (κ1) is 13.2. The molecule has 1 rings (SSSR count). The van der Waals surface area contributed by atoms with Gasteiger partial charge in [-0.3, -0.25) is 14.9 Å². The lowest BCUT2D eigenvalue weighted by molar-refractivity contribution is -0.385. The smallest absolute Gasteiger partial charge is 0.285 e. The Balaban J connectivity index is 3.32. The van der Waals surface area contributed by atoms with Gasteiger partial charge in [0.1, 0.15) is 5.56 Å². The fourth-order valence-electron chi connectivity index (χ4n) is 1.73. The Morgan fingerprint density at radius 2 is 2.12 bits per heavy atom. The van der Waals surface area contributed by atoms with E-state index in [0.29, 0.717) is 17.9 Å². The molecular formula is C12H16N2O3.